The minimum atomic E-state index is -0.839. The summed E-state index contributed by atoms with van der Waals surface area (Å²) in [4.78, 5) is 11.4. The number of aromatic hydroxyl groups is 1. The fourth-order valence-corrected chi connectivity index (χ4v) is 2.38. The molecule has 2 N–H and O–H groups in total. The molecule has 4 heteroatoms. The van der Waals surface area contributed by atoms with Crippen LogP contribution < -0.4 is 4.74 Å². The standard InChI is InChI=1S/C14H18O4/c1-14(2,3)12-10(13(16)17)6-8-4-5-9(15)7-11(8)18-12/h4-5,7,10,12,15H,6H2,1-3H3,(H,16,17). The Morgan fingerprint density at radius 1 is 1.39 bits per heavy atom. The van der Waals surface area contributed by atoms with Crippen LogP contribution in [-0.2, 0) is 11.2 Å². The molecule has 0 radical (unpaired) electrons. The molecule has 0 saturated carbocycles. The molecule has 1 aliphatic rings. The Morgan fingerprint density at radius 3 is 2.61 bits per heavy atom. The van der Waals surface area contributed by atoms with Gasteiger partial charge < -0.3 is 14.9 Å². The fraction of sp³-hybridized carbons (Fsp3) is 0.500. The Hall–Kier alpha value is -1.71. The lowest BCUT2D eigenvalue weighted by Crippen LogP contribution is -2.46. The summed E-state index contributed by atoms with van der Waals surface area (Å²) >= 11 is 0. The molecule has 2 unspecified atom stereocenters. The van der Waals surface area contributed by atoms with Crippen molar-refractivity contribution in [2.24, 2.45) is 11.3 Å². The van der Waals surface area contributed by atoms with Gasteiger partial charge in [0, 0.05) is 6.07 Å². The second kappa shape index (κ2) is 4.19. The van der Waals surface area contributed by atoms with Gasteiger partial charge >= 0.3 is 5.97 Å². The van der Waals surface area contributed by atoms with Crippen molar-refractivity contribution in [1.82, 2.24) is 0 Å². The van der Waals surface area contributed by atoms with Gasteiger partial charge in [-0.05, 0) is 23.5 Å². The van der Waals surface area contributed by atoms with Crippen molar-refractivity contribution in [1.29, 1.82) is 0 Å². The predicted octanol–water partition coefficient (Wildman–Crippen LogP) is 2.44. The van der Waals surface area contributed by atoms with E-state index in [2.05, 4.69) is 0 Å². The molecular weight excluding hydrogens is 232 g/mol. The maximum absolute atomic E-state index is 11.4. The van der Waals surface area contributed by atoms with E-state index in [1.807, 2.05) is 20.8 Å². The number of carboxylic acid groups (broad SMARTS) is 1. The molecule has 0 bridgehead atoms. The van der Waals surface area contributed by atoms with E-state index in [1.165, 1.54) is 0 Å². The van der Waals surface area contributed by atoms with Gasteiger partial charge in [0.2, 0.25) is 0 Å². The maximum Gasteiger partial charge on any atom is 0.310 e. The van der Waals surface area contributed by atoms with Gasteiger partial charge in [0.15, 0.2) is 0 Å². The average molecular weight is 250 g/mol. The maximum atomic E-state index is 11.4. The van der Waals surface area contributed by atoms with Gasteiger partial charge in [-0.1, -0.05) is 26.8 Å². The lowest BCUT2D eigenvalue weighted by Gasteiger charge is -2.39. The van der Waals surface area contributed by atoms with Crippen LogP contribution in [0.2, 0.25) is 0 Å². The van der Waals surface area contributed by atoms with Crippen LogP contribution in [0.15, 0.2) is 18.2 Å². The quantitative estimate of drug-likeness (QED) is 0.803. The highest BCUT2D eigenvalue weighted by molar-refractivity contribution is 5.72. The van der Waals surface area contributed by atoms with Crippen LogP contribution in [0.4, 0.5) is 0 Å². The van der Waals surface area contributed by atoms with Crippen molar-refractivity contribution >= 4 is 5.97 Å². The van der Waals surface area contributed by atoms with E-state index >= 15 is 0 Å². The van der Waals surface area contributed by atoms with Crippen molar-refractivity contribution in [3.8, 4) is 11.5 Å². The molecule has 0 spiro atoms. The Morgan fingerprint density at radius 2 is 2.06 bits per heavy atom. The van der Waals surface area contributed by atoms with Gasteiger partial charge in [0.1, 0.15) is 17.6 Å². The van der Waals surface area contributed by atoms with E-state index in [0.29, 0.717) is 12.2 Å². The highest BCUT2D eigenvalue weighted by atomic mass is 16.5. The van der Waals surface area contributed by atoms with Crippen LogP contribution in [0.1, 0.15) is 26.3 Å². The number of benzene rings is 1. The average Bonchev–Trinajstić information content (AvgIpc) is 2.25. The lowest BCUT2D eigenvalue weighted by atomic mass is 9.77. The molecule has 98 valence electrons. The van der Waals surface area contributed by atoms with Crippen molar-refractivity contribution in [3.05, 3.63) is 23.8 Å². The van der Waals surface area contributed by atoms with Crippen LogP contribution in [0.3, 0.4) is 0 Å². The minimum absolute atomic E-state index is 0.134. The molecule has 0 aromatic heterocycles. The second-order valence-electron chi connectivity index (χ2n) is 5.85. The van der Waals surface area contributed by atoms with Crippen molar-refractivity contribution in [3.63, 3.8) is 0 Å². The summed E-state index contributed by atoms with van der Waals surface area (Å²) in [7, 11) is 0. The molecule has 1 aromatic rings. The summed E-state index contributed by atoms with van der Waals surface area (Å²) in [6, 6.07) is 4.82. The predicted molar refractivity (Wildman–Crippen MR) is 66.8 cm³/mol. The molecule has 4 nitrogen and oxygen atoms in total. The molecule has 2 atom stereocenters. The number of aliphatic carboxylic acids is 1. The number of hydrogen-bond donors (Lipinski definition) is 2. The van der Waals surface area contributed by atoms with Gasteiger partial charge in [-0.3, -0.25) is 4.79 Å². The molecule has 0 aliphatic carbocycles. The molecule has 18 heavy (non-hydrogen) atoms. The Balaban J connectivity index is 2.41. The molecule has 1 aliphatic heterocycles. The first-order chi connectivity index (χ1) is 8.29. The first kappa shape index (κ1) is 12.7. The van der Waals surface area contributed by atoms with E-state index in [9.17, 15) is 15.0 Å². The van der Waals surface area contributed by atoms with Gasteiger partial charge in [-0.2, -0.15) is 0 Å². The van der Waals surface area contributed by atoms with Crippen LogP contribution >= 0.6 is 0 Å². The zero-order valence-electron chi connectivity index (χ0n) is 10.8. The third kappa shape index (κ3) is 2.28. The second-order valence-corrected chi connectivity index (χ2v) is 5.85. The van der Waals surface area contributed by atoms with Crippen LogP contribution in [0.5, 0.6) is 11.5 Å². The molecule has 0 fully saturated rings. The highest BCUT2D eigenvalue weighted by Gasteiger charge is 2.42. The van der Waals surface area contributed by atoms with Gasteiger partial charge in [-0.25, -0.2) is 0 Å². The van der Waals surface area contributed by atoms with Crippen molar-refractivity contribution < 1.29 is 19.7 Å². The summed E-state index contributed by atoms with van der Waals surface area (Å²) in [5.74, 6) is -0.668. The number of rotatable bonds is 1. The number of ether oxygens (including phenoxy) is 1. The smallest absolute Gasteiger partial charge is 0.310 e. The van der Waals surface area contributed by atoms with Gasteiger partial charge in [-0.15, -0.1) is 0 Å². The summed E-state index contributed by atoms with van der Waals surface area (Å²) < 4.78 is 5.81. The highest BCUT2D eigenvalue weighted by Crippen LogP contribution is 2.39. The SMILES string of the molecule is CC(C)(C)C1Oc2cc(O)ccc2CC1C(=O)O. The number of phenols is 1. The number of phenolic OH excluding ortho intramolecular Hbond substituents is 1. The van der Waals surface area contributed by atoms with E-state index in [1.54, 1.807) is 18.2 Å². The number of hydrogen-bond acceptors (Lipinski definition) is 3. The molecule has 1 aromatic carbocycles. The largest absolute Gasteiger partial charge is 0.508 e. The van der Waals surface area contributed by atoms with Crippen LogP contribution in [-0.4, -0.2) is 22.3 Å². The number of carbonyl (C=O) groups is 1. The molecular formula is C14H18O4. The molecule has 2 rings (SSSR count). The Labute approximate surface area is 106 Å². The zero-order valence-corrected chi connectivity index (χ0v) is 10.8. The van der Waals surface area contributed by atoms with Gasteiger partial charge in [0.25, 0.3) is 0 Å². The number of carboxylic acids is 1. The first-order valence-electron chi connectivity index (χ1n) is 6.00. The van der Waals surface area contributed by atoms with E-state index < -0.39 is 18.0 Å². The number of fused-ring (bicyclic) bond motifs is 1. The molecule has 1 heterocycles. The Bertz CT molecular complexity index is 473. The van der Waals surface area contributed by atoms with E-state index in [4.69, 9.17) is 4.74 Å². The lowest BCUT2D eigenvalue weighted by molar-refractivity contribution is -0.148. The van der Waals surface area contributed by atoms with Crippen molar-refractivity contribution in [2.75, 3.05) is 0 Å². The first-order valence-corrected chi connectivity index (χ1v) is 6.00. The van der Waals surface area contributed by atoms with Crippen LogP contribution in [0.25, 0.3) is 0 Å². The molecule has 0 amide bonds. The third-order valence-electron chi connectivity index (χ3n) is 3.28. The van der Waals surface area contributed by atoms with E-state index in [-0.39, 0.29) is 11.2 Å². The normalized spacial score (nSPS) is 23.1. The topological polar surface area (TPSA) is 66.8 Å². The molecule has 0 saturated heterocycles. The Kier molecular flexibility index (Phi) is 2.97. The van der Waals surface area contributed by atoms with Crippen molar-refractivity contribution in [2.45, 2.75) is 33.3 Å². The summed E-state index contributed by atoms with van der Waals surface area (Å²) in [6.07, 6.45) is 0.0386. The third-order valence-corrected chi connectivity index (χ3v) is 3.28. The van der Waals surface area contributed by atoms with Crippen LogP contribution in [0, 0.1) is 11.3 Å². The zero-order chi connectivity index (χ0) is 13.5. The monoisotopic (exact) mass is 250 g/mol. The summed E-state index contributed by atoms with van der Waals surface area (Å²) in [5, 5.41) is 18.8. The van der Waals surface area contributed by atoms with E-state index in [0.717, 1.165) is 5.56 Å². The van der Waals surface area contributed by atoms with Gasteiger partial charge in [0.05, 0.1) is 5.92 Å². The summed E-state index contributed by atoms with van der Waals surface area (Å²) in [6.45, 7) is 5.88. The fourth-order valence-electron chi connectivity index (χ4n) is 2.38. The summed E-state index contributed by atoms with van der Waals surface area (Å²) in [5.41, 5.74) is 0.562. The minimum Gasteiger partial charge on any atom is -0.508 e.